The minimum atomic E-state index is -1.09. The van der Waals surface area contributed by atoms with Gasteiger partial charge in [-0.1, -0.05) is 65.8 Å². The summed E-state index contributed by atoms with van der Waals surface area (Å²) in [4.78, 5) is 27.0. The Balaban J connectivity index is 1.61. The van der Waals surface area contributed by atoms with Gasteiger partial charge in [-0.2, -0.15) is 0 Å². The number of hydrogen-bond acceptors (Lipinski definition) is 5. The molecule has 38 heavy (non-hydrogen) atoms. The van der Waals surface area contributed by atoms with Crippen molar-refractivity contribution in [2.45, 2.75) is 26.2 Å². The number of carbonyl (C=O) groups excluding carboxylic acids is 1. The van der Waals surface area contributed by atoms with E-state index in [0.717, 1.165) is 39.1 Å². The van der Waals surface area contributed by atoms with Crippen LogP contribution in [-0.2, 0) is 4.79 Å². The molecule has 4 rings (SSSR count). The third-order valence-corrected chi connectivity index (χ3v) is 6.51. The van der Waals surface area contributed by atoms with Crippen molar-refractivity contribution in [1.29, 1.82) is 0 Å². The molecule has 0 aliphatic heterocycles. The molecule has 1 heterocycles. The zero-order valence-corrected chi connectivity index (χ0v) is 21.3. The molecule has 7 heteroatoms. The first-order valence-electron chi connectivity index (χ1n) is 12.3. The van der Waals surface area contributed by atoms with Crippen molar-refractivity contribution in [1.82, 2.24) is 10.3 Å². The maximum atomic E-state index is 12.1. The molecule has 4 aromatic rings. The van der Waals surface area contributed by atoms with Crippen LogP contribution >= 0.6 is 0 Å². The molecule has 0 radical (unpaired) electrons. The van der Waals surface area contributed by atoms with Crippen LogP contribution in [0.25, 0.3) is 11.1 Å². The number of oxime groups is 1. The van der Waals surface area contributed by atoms with Crippen LogP contribution in [-0.4, -0.2) is 39.4 Å². The van der Waals surface area contributed by atoms with Gasteiger partial charge in [0.05, 0.1) is 5.71 Å². The molecular weight excluding hydrogens is 478 g/mol. The molecule has 1 atom stereocenters. The van der Waals surface area contributed by atoms with Gasteiger partial charge in [-0.05, 0) is 65.9 Å². The van der Waals surface area contributed by atoms with E-state index in [-0.39, 0.29) is 5.92 Å². The Labute approximate surface area is 221 Å². The highest BCUT2D eigenvalue weighted by atomic mass is 16.4. The molecule has 192 valence electrons. The van der Waals surface area contributed by atoms with Gasteiger partial charge in [0.2, 0.25) is 0 Å². The van der Waals surface area contributed by atoms with E-state index in [1.54, 1.807) is 18.3 Å². The Morgan fingerprint density at radius 1 is 0.895 bits per heavy atom. The lowest BCUT2D eigenvalue weighted by molar-refractivity contribution is -0.135. The first-order chi connectivity index (χ1) is 18.4. The van der Waals surface area contributed by atoms with E-state index < -0.39 is 18.4 Å². The SMILES string of the molecule is Cc1cc(C(C[C@H](c2ccc(-c3ccc(C(=O)NCC(=O)O)cc3)cc2)c2ccccc2C)=NO)ccn1. The predicted molar refractivity (Wildman–Crippen MR) is 147 cm³/mol. The maximum absolute atomic E-state index is 12.1. The Kier molecular flexibility index (Phi) is 8.28. The van der Waals surface area contributed by atoms with E-state index in [0.29, 0.717) is 17.7 Å². The van der Waals surface area contributed by atoms with Crippen molar-refractivity contribution >= 4 is 17.6 Å². The number of rotatable bonds is 9. The number of benzene rings is 3. The van der Waals surface area contributed by atoms with Crippen LogP contribution < -0.4 is 5.32 Å². The monoisotopic (exact) mass is 507 g/mol. The van der Waals surface area contributed by atoms with E-state index in [1.807, 2.05) is 55.5 Å². The molecule has 0 spiro atoms. The highest BCUT2D eigenvalue weighted by molar-refractivity contribution is 6.01. The molecule has 0 saturated carbocycles. The van der Waals surface area contributed by atoms with Crippen LogP contribution in [0.5, 0.6) is 0 Å². The average molecular weight is 508 g/mol. The van der Waals surface area contributed by atoms with Crippen LogP contribution in [0.4, 0.5) is 0 Å². The fraction of sp³-hybridized carbons (Fsp3) is 0.161. The molecule has 0 bridgehead atoms. The van der Waals surface area contributed by atoms with Gasteiger partial charge in [0, 0.05) is 35.4 Å². The first kappa shape index (κ1) is 26.3. The van der Waals surface area contributed by atoms with Crippen molar-refractivity contribution in [3.8, 4) is 11.1 Å². The number of carbonyl (C=O) groups is 2. The molecule has 0 aliphatic rings. The second kappa shape index (κ2) is 12.0. The number of carboxylic acid groups (broad SMARTS) is 1. The van der Waals surface area contributed by atoms with Gasteiger partial charge < -0.3 is 15.6 Å². The number of aryl methyl sites for hydroxylation is 2. The lowest BCUT2D eigenvalue weighted by Gasteiger charge is -2.21. The van der Waals surface area contributed by atoms with Crippen LogP contribution in [0.1, 0.15) is 50.6 Å². The van der Waals surface area contributed by atoms with Gasteiger partial charge in [0.15, 0.2) is 0 Å². The Hall–Kier alpha value is -4.78. The number of amides is 1. The van der Waals surface area contributed by atoms with Crippen LogP contribution in [0, 0.1) is 13.8 Å². The predicted octanol–water partition coefficient (Wildman–Crippen LogP) is 5.58. The largest absolute Gasteiger partial charge is 0.480 e. The van der Waals surface area contributed by atoms with Gasteiger partial charge in [0.25, 0.3) is 5.91 Å². The molecular formula is C31H29N3O4. The van der Waals surface area contributed by atoms with Crippen LogP contribution in [0.3, 0.4) is 0 Å². The number of nitrogens with zero attached hydrogens (tertiary/aromatic N) is 2. The molecule has 1 amide bonds. The van der Waals surface area contributed by atoms with Gasteiger partial charge in [0.1, 0.15) is 6.54 Å². The van der Waals surface area contributed by atoms with Gasteiger partial charge >= 0.3 is 5.97 Å². The fourth-order valence-electron chi connectivity index (χ4n) is 4.50. The number of nitrogens with one attached hydrogen (secondary N) is 1. The number of carboxylic acids is 1. The van der Waals surface area contributed by atoms with Crippen LogP contribution in [0.15, 0.2) is 96.3 Å². The Bertz CT molecular complexity index is 1460. The van der Waals surface area contributed by atoms with Crippen molar-refractivity contribution in [2.24, 2.45) is 5.16 Å². The summed E-state index contributed by atoms with van der Waals surface area (Å²) in [7, 11) is 0. The normalized spacial score (nSPS) is 12.1. The molecule has 0 unspecified atom stereocenters. The van der Waals surface area contributed by atoms with Crippen molar-refractivity contribution in [2.75, 3.05) is 6.54 Å². The molecule has 3 aromatic carbocycles. The zero-order valence-electron chi connectivity index (χ0n) is 21.3. The Morgan fingerprint density at radius 2 is 1.55 bits per heavy atom. The van der Waals surface area contributed by atoms with Crippen molar-refractivity contribution in [3.63, 3.8) is 0 Å². The summed E-state index contributed by atoms with van der Waals surface area (Å²) in [5.41, 5.74) is 7.98. The minimum Gasteiger partial charge on any atom is -0.480 e. The summed E-state index contributed by atoms with van der Waals surface area (Å²) >= 11 is 0. The number of aliphatic carboxylic acids is 1. The quantitative estimate of drug-likeness (QED) is 0.156. The summed E-state index contributed by atoms with van der Waals surface area (Å²) in [5, 5.41) is 24.7. The third kappa shape index (κ3) is 6.31. The number of hydrogen-bond donors (Lipinski definition) is 3. The van der Waals surface area contributed by atoms with E-state index in [9.17, 15) is 14.8 Å². The maximum Gasteiger partial charge on any atom is 0.322 e. The standard InChI is InChI=1S/C31H29N3O4/c1-20-5-3-4-6-27(20)28(18-29(34-38)26-15-16-32-21(2)17-26)24-11-7-22(8-12-24)23-9-13-25(14-10-23)31(37)33-19-30(35)36/h3-17,28,38H,18-19H2,1-2H3,(H,33,37)(H,35,36)/t28-/m1/s1. The summed E-state index contributed by atoms with van der Waals surface area (Å²) in [6.45, 7) is 3.57. The lowest BCUT2D eigenvalue weighted by Crippen LogP contribution is -2.29. The van der Waals surface area contributed by atoms with Gasteiger partial charge in [-0.3, -0.25) is 14.6 Å². The van der Waals surface area contributed by atoms with Gasteiger partial charge in [-0.15, -0.1) is 0 Å². The van der Waals surface area contributed by atoms with E-state index >= 15 is 0 Å². The molecule has 1 aromatic heterocycles. The van der Waals surface area contributed by atoms with Crippen molar-refractivity contribution < 1.29 is 19.9 Å². The average Bonchev–Trinajstić information content (AvgIpc) is 2.93. The summed E-state index contributed by atoms with van der Waals surface area (Å²) in [5.74, 6) is -1.56. The molecule has 3 N–H and O–H groups in total. The molecule has 7 nitrogen and oxygen atoms in total. The first-order valence-corrected chi connectivity index (χ1v) is 12.3. The molecule has 0 saturated heterocycles. The smallest absolute Gasteiger partial charge is 0.322 e. The fourth-order valence-corrected chi connectivity index (χ4v) is 4.50. The summed E-state index contributed by atoms with van der Waals surface area (Å²) in [6.07, 6.45) is 2.22. The van der Waals surface area contributed by atoms with E-state index in [4.69, 9.17) is 5.11 Å². The number of pyridine rings is 1. The minimum absolute atomic E-state index is 0.0371. The third-order valence-electron chi connectivity index (χ3n) is 6.51. The zero-order chi connectivity index (χ0) is 27.1. The summed E-state index contributed by atoms with van der Waals surface area (Å²) in [6, 6.07) is 27.2. The summed E-state index contributed by atoms with van der Waals surface area (Å²) < 4.78 is 0. The highest BCUT2D eigenvalue weighted by Crippen LogP contribution is 2.33. The highest BCUT2D eigenvalue weighted by Gasteiger charge is 2.20. The molecule has 0 aliphatic carbocycles. The van der Waals surface area contributed by atoms with E-state index in [1.165, 1.54) is 0 Å². The lowest BCUT2D eigenvalue weighted by atomic mass is 9.83. The molecule has 0 fully saturated rings. The second-order valence-electron chi connectivity index (χ2n) is 9.12. The topological polar surface area (TPSA) is 112 Å². The number of aromatic nitrogens is 1. The Morgan fingerprint density at radius 3 is 2.16 bits per heavy atom. The van der Waals surface area contributed by atoms with Crippen LogP contribution in [0.2, 0.25) is 0 Å². The second-order valence-corrected chi connectivity index (χ2v) is 9.12. The van der Waals surface area contributed by atoms with Crippen molar-refractivity contribution in [3.05, 3.63) is 125 Å². The van der Waals surface area contributed by atoms with Gasteiger partial charge in [-0.25, -0.2) is 0 Å². The van der Waals surface area contributed by atoms with E-state index in [2.05, 4.69) is 46.6 Å².